The van der Waals surface area contributed by atoms with Crippen LogP contribution in [0.3, 0.4) is 0 Å². The minimum absolute atomic E-state index is 0.0353. The summed E-state index contributed by atoms with van der Waals surface area (Å²) in [5, 5.41) is 0.894. The highest BCUT2D eigenvalue weighted by Crippen LogP contribution is 2.20. The SMILES string of the molecule is CC(CCl)N(C)C(=O)c1cc(Cl)cc(Cl)c1. The van der Waals surface area contributed by atoms with E-state index in [2.05, 4.69) is 0 Å². The van der Waals surface area contributed by atoms with Crippen LogP contribution in [0.15, 0.2) is 18.2 Å². The van der Waals surface area contributed by atoms with Crippen molar-refractivity contribution in [2.24, 2.45) is 0 Å². The zero-order chi connectivity index (χ0) is 12.3. The van der Waals surface area contributed by atoms with Gasteiger partial charge in [0.15, 0.2) is 0 Å². The van der Waals surface area contributed by atoms with Crippen LogP contribution >= 0.6 is 34.8 Å². The molecular formula is C11H12Cl3NO. The molecule has 0 aliphatic rings. The predicted octanol–water partition coefficient (Wildman–Crippen LogP) is 3.69. The second kappa shape index (κ2) is 5.76. The highest BCUT2D eigenvalue weighted by atomic mass is 35.5. The van der Waals surface area contributed by atoms with Crippen LogP contribution in [0.2, 0.25) is 10.0 Å². The number of carbonyl (C=O) groups is 1. The molecule has 0 bridgehead atoms. The molecule has 2 nitrogen and oxygen atoms in total. The van der Waals surface area contributed by atoms with E-state index in [4.69, 9.17) is 34.8 Å². The standard InChI is InChI=1S/C11H12Cl3NO/c1-7(6-12)15(2)11(16)8-3-9(13)5-10(14)4-8/h3-5,7H,6H2,1-2H3. The Morgan fingerprint density at radius 3 is 2.25 bits per heavy atom. The van der Waals surface area contributed by atoms with Gasteiger partial charge in [-0.25, -0.2) is 0 Å². The maximum atomic E-state index is 12.0. The van der Waals surface area contributed by atoms with Gasteiger partial charge in [0.25, 0.3) is 5.91 Å². The fourth-order valence-electron chi connectivity index (χ4n) is 1.18. The summed E-state index contributed by atoms with van der Waals surface area (Å²) >= 11 is 17.4. The van der Waals surface area contributed by atoms with Gasteiger partial charge in [0.1, 0.15) is 0 Å². The number of halogens is 3. The van der Waals surface area contributed by atoms with Gasteiger partial charge in [0.05, 0.1) is 0 Å². The van der Waals surface area contributed by atoms with Crippen LogP contribution in [0.25, 0.3) is 0 Å². The van der Waals surface area contributed by atoms with Crippen molar-refractivity contribution in [2.75, 3.05) is 12.9 Å². The van der Waals surface area contributed by atoms with E-state index in [0.717, 1.165) is 0 Å². The lowest BCUT2D eigenvalue weighted by atomic mass is 10.2. The first-order valence-corrected chi connectivity index (χ1v) is 6.04. The minimum Gasteiger partial charge on any atom is -0.338 e. The molecule has 0 saturated heterocycles. The summed E-state index contributed by atoms with van der Waals surface area (Å²) in [4.78, 5) is 13.6. The molecule has 0 fully saturated rings. The molecule has 0 aliphatic carbocycles. The highest BCUT2D eigenvalue weighted by Gasteiger charge is 2.17. The Labute approximate surface area is 110 Å². The molecule has 0 heterocycles. The molecule has 0 saturated carbocycles. The molecule has 16 heavy (non-hydrogen) atoms. The van der Waals surface area contributed by atoms with Gasteiger partial charge in [-0.05, 0) is 25.1 Å². The normalized spacial score (nSPS) is 12.3. The summed E-state index contributed by atoms with van der Waals surface area (Å²) in [6.45, 7) is 1.87. The summed E-state index contributed by atoms with van der Waals surface area (Å²) in [5.74, 6) is 0.244. The lowest BCUT2D eigenvalue weighted by molar-refractivity contribution is 0.0756. The molecule has 1 rings (SSSR count). The fraction of sp³-hybridized carbons (Fsp3) is 0.364. The zero-order valence-corrected chi connectivity index (χ0v) is 11.3. The lowest BCUT2D eigenvalue weighted by Crippen LogP contribution is -2.36. The van der Waals surface area contributed by atoms with Crippen molar-refractivity contribution >= 4 is 40.7 Å². The third-order valence-corrected chi connectivity index (χ3v) is 3.20. The van der Waals surface area contributed by atoms with Crippen LogP contribution in [0.1, 0.15) is 17.3 Å². The Hall–Kier alpha value is -0.440. The predicted molar refractivity (Wildman–Crippen MR) is 68.7 cm³/mol. The quantitative estimate of drug-likeness (QED) is 0.773. The van der Waals surface area contributed by atoms with Crippen LogP contribution in [0.4, 0.5) is 0 Å². The summed E-state index contributed by atoms with van der Waals surface area (Å²) in [6, 6.07) is 4.73. The Morgan fingerprint density at radius 2 is 1.81 bits per heavy atom. The number of hydrogen-bond donors (Lipinski definition) is 0. The van der Waals surface area contributed by atoms with E-state index in [1.807, 2.05) is 6.92 Å². The van der Waals surface area contributed by atoms with E-state index in [1.165, 1.54) is 0 Å². The number of rotatable bonds is 3. The molecule has 5 heteroatoms. The summed E-state index contributed by atoms with van der Waals surface area (Å²) in [6.07, 6.45) is 0. The molecule has 88 valence electrons. The van der Waals surface area contributed by atoms with Crippen molar-refractivity contribution in [2.45, 2.75) is 13.0 Å². The number of alkyl halides is 1. The number of benzene rings is 1. The molecular weight excluding hydrogens is 268 g/mol. The average molecular weight is 281 g/mol. The van der Waals surface area contributed by atoms with Gasteiger partial charge in [0.2, 0.25) is 0 Å². The first-order valence-electron chi connectivity index (χ1n) is 4.75. The fourth-order valence-corrected chi connectivity index (χ4v) is 1.92. The van der Waals surface area contributed by atoms with Crippen LogP contribution in [0.5, 0.6) is 0 Å². The van der Waals surface area contributed by atoms with Crippen molar-refractivity contribution in [3.05, 3.63) is 33.8 Å². The van der Waals surface area contributed by atoms with E-state index in [0.29, 0.717) is 21.5 Å². The molecule has 0 N–H and O–H groups in total. The number of carbonyl (C=O) groups excluding carboxylic acids is 1. The maximum Gasteiger partial charge on any atom is 0.253 e. The number of amides is 1. The molecule has 1 aromatic rings. The molecule has 0 aromatic heterocycles. The van der Waals surface area contributed by atoms with Gasteiger partial charge in [-0.3, -0.25) is 4.79 Å². The summed E-state index contributed by atoms with van der Waals surface area (Å²) < 4.78 is 0. The van der Waals surface area contributed by atoms with Crippen LogP contribution in [0, 0.1) is 0 Å². The van der Waals surface area contributed by atoms with Crippen LogP contribution in [-0.2, 0) is 0 Å². The lowest BCUT2D eigenvalue weighted by Gasteiger charge is -2.23. The molecule has 0 aliphatic heterocycles. The average Bonchev–Trinajstić information content (AvgIpc) is 2.24. The van der Waals surface area contributed by atoms with Gasteiger partial charge in [0, 0.05) is 34.6 Å². The van der Waals surface area contributed by atoms with Gasteiger partial charge in [-0.15, -0.1) is 11.6 Å². The molecule has 1 amide bonds. The topological polar surface area (TPSA) is 20.3 Å². The Bertz CT molecular complexity index is 375. The Kier molecular flexibility index (Phi) is 4.90. The van der Waals surface area contributed by atoms with Crippen molar-refractivity contribution < 1.29 is 4.79 Å². The van der Waals surface area contributed by atoms with Gasteiger partial charge < -0.3 is 4.90 Å². The van der Waals surface area contributed by atoms with E-state index < -0.39 is 0 Å². The second-order valence-electron chi connectivity index (χ2n) is 3.58. The summed E-state index contributed by atoms with van der Waals surface area (Å²) in [5.41, 5.74) is 0.469. The van der Waals surface area contributed by atoms with Crippen molar-refractivity contribution in [1.29, 1.82) is 0 Å². The van der Waals surface area contributed by atoms with Crippen LogP contribution < -0.4 is 0 Å². The largest absolute Gasteiger partial charge is 0.338 e. The third-order valence-electron chi connectivity index (χ3n) is 2.31. The van der Waals surface area contributed by atoms with Crippen molar-refractivity contribution in [1.82, 2.24) is 4.90 Å². The van der Waals surface area contributed by atoms with E-state index in [9.17, 15) is 4.79 Å². The van der Waals surface area contributed by atoms with Crippen LogP contribution in [-0.4, -0.2) is 29.8 Å². The molecule has 1 atom stereocenters. The van der Waals surface area contributed by atoms with Crippen molar-refractivity contribution in [3.8, 4) is 0 Å². The highest BCUT2D eigenvalue weighted by molar-refractivity contribution is 6.35. The van der Waals surface area contributed by atoms with E-state index in [1.54, 1.807) is 30.1 Å². The first-order chi connectivity index (χ1) is 7.45. The smallest absolute Gasteiger partial charge is 0.253 e. The van der Waals surface area contributed by atoms with E-state index in [-0.39, 0.29) is 11.9 Å². The first kappa shape index (κ1) is 13.6. The zero-order valence-electron chi connectivity index (χ0n) is 9.01. The van der Waals surface area contributed by atoms with E-state index >= 15 is 0 Å². The van der Waals surface area contributed by atoms with Gasteiger partial charge in [-0.2, -0.15) is 0 Å². The third kappa shape index (κ3) is 3.27. The molecule has 1 unspecified atom stereocenters. The van der Waals surface area contributed by atoms with Crippen molar-refractivity contribution in [3.63, 3.8) is 0 Å². The summed E-state index contributed by atoms with van der Waals surface area (Å²) in [7, 11) is 1.70. The molecule has 0 spiro atoms. The van der Waals surface area contributed by atoms with Gasteiger partial charge in [-0.1, -0.05) is 23.2 Å². The molecule has 0 radical (unpaired) electrons. The number of hydrogen-bond acceptors (Lipinski definition) is 1. The van der Waals surface area contributed by atoms with Gasteiger partial charge >= 0.3 is 0 Å². The maximum absolute atomic E-state index is 12.0. The number of nitrogens with zero attached hydrogens (tertiary/aromatic N) is 1. The Balaban J connectivity index is 2.96. The minimum atomic E-state index is -0.141. The molecule has 1 aromatic carbocycles. The monoisotopic (exact) mass is 279 g/mol. The Morgan fingerprint density at radius 1 is 1.31 bits per heavy atom. The second-order valence-corrected chi connectivity index (χ2v) is 4.76.